The molecule has 0 unspecified atom stereocenters. The van der Waals surface area contributed by atoms with Gasteiger partial charge in [-0.3, -0.25) is 4.90 Å². The molecule has 0 spiro atoms. The smallest absolute Gasteiger partial charge is 0.298 e. The molecule has 0 radical (unpaired) electrons. The van der Waals surface area contributed by atoms with E-state index in [-0.39, 0.29) is 0 Å². The van der Waals surface area contributed by atoms with E-state index in [0.29, 0.717) is 0 Å². The van der Waals surface area contributed by atoms with Crippen LogP contribution in [-0.2, 0) is 6.54 Å². The third-order valence-electron chi connectivity index (χ3n) is 3.85. The molecule has 0 saturated carbocycles. The van der Waals surface area contributed by atoms with Crippen LogP contribution in [0.15, 0.2) is 41.1 Å². The highest BCUT2D eigenvalue weighted by atomic mass is 16.4. The second kappa shape index (κ2) is 5.21. The molecule has 6 nitrogen and oxygen atoms in total. The minimum absolute atomic E-state index is 0.730. The molecular weight excluding hydrogens is 266 g/mol. The largest absolute Gasteiger partial charge is 0.423 e. The van der Waals surface area contributed by atoms with Gasteiger partial charge in [0.1, 0.15) is 11.3 Å². The molecule has 0 amide bonds. The Labute approximate surface area is 122 Å². The van der Waals surface area contributed by atoms with E-state index in [1.807, 2.05) is 30.5 Å². The number of fused-ring (bicyclic) bond motifs is 1. The summed E-state index contributed by atoms with van der Waals surface area (Å²) >= 11 is 0. The highest BCUT2D eigenvalue weighted by molar-refractivity contribution is 5.74. The number of imidazole rings is 1. The molecule has 1 aliphatic heterocycles. The van der Waals surface area contributed by atoms with Crippen molar-refractivity contribution in [3.63, 3.8) is 0 Å². The standard InChI is InChI=1S/C15H17N5O/c1-2-4-13-12(3-1)18-15(21-13)20-9-7-19(8-10-20)11-14-16-5-6-17-14/h1-6H,7-11H2,(H,16,17). The van der Waals surface area contributed by atoms with Crippen molar-refractivity contribution in [1.82, 2.24) is 19.9 Å². The Hall–Kier alpha value is -2.34. The van der Waals surface area contributed by atoms with Crippen molar-refractivity contribution >= 4 is 17.1 Å². The second-order valence-electron chi connectivity index (χ2n) is 5.26. The van der Waals surface area contributed by atoms with Crippen LogP contribution in [0, 0.1) is 0 Å². The van der Waals surface area contributed by atoms with Crippen molar-refractivity contribution in [2.24, 2.45) is 0 Å². The molecule has 3 aromatic rings. The van der Waals surface area contributed by atoms with Crippen LogP contribution in [0.25, 0.3) is 11.1 Å². The number of hydrogen-bond donors (Lipinski definition) is 1. The maximum Gasteiger partial charge on any atom is 0.298 e. The van der Waals surface area contributed by atoms with E-state index in [4.69, 9.17) is 4.42 Å². The van der Waals surface area contributed by atoms with Crippen molar-refractivity contribution in [3.05, 3.63) is 42.5 Å². The Kier molecular flexibility index (Phi) is 3.08. The van der Waals surface area contributed by atoms with Crippen molar-refractivity contribution in [2.75, 3.05) is 31.1 Å². The zero-order valence-electron chi connectivity index (χ0n) is 11.7. The van der Waals surface area contributed by atoms with E-state index in [1.165, 1.54) is 0 Å². The zero-order chi connectivity index (χ0) is 14.1. The molecule has 0 bridgehead atoms. The van der Waals surface area contributed by atoms with Gasteiger partial charge in [-0.1, -0.05) is 12.1 Å². The van der Waals surface area contributed by atoms with Crippen LogP contribution >= 0.6 is 0 Å². The fourth-order valence-electron chi connectivity index (χ4n) is 2.69. The molecule has 0 atom stereocenters. The Morgan fingerprint density at radius 3 is 2.76 bits per heavy atom. The number of piperazine rings is 1. The fourth-order valence-corrected chi connectivity index (χ4v) is 2.69. The molecule has 1 saturated heterocycles. The Morgan fingerprint density at radius 2 is 2.00 bits per heavy atom. The Morgan fingerprint density at radius 1 is 1.14 bits per heavy atom. The fraction of sp³-hybridized carbons (Fsp3) is 0.333. The number of H-pyrrole nitrogens is 1. The van der Waals surface area contributed by atoms with Gasteiger partial charge < -0.3 is 14.3 Å². The number of anilines is 1. The molecule has 108 valence electrons. The number of rotatable bonds is 3. The summed E-state index contributed by atoms with van der Waals surface area (Å²) in [6.07, 6.45) is 3.66. The summed E-state index contributed by atoms with van der Waals surface area (Å²) in [7, 11) is 0. The summed E-state index contributed by atoms with van der Waals surface area (Å²) < 4.78 is 5.83. The average molecular weight is 283 g/mol. The van der Waals surface area contributed by atoms with Gasteiger partial charge in [0.2, 0.25) is 0 Å². The van der Waals surface area contributed by atoms with E-state index in [0.717, 1.165) is 55.7 Å². The molecule has 1 fully saturated rings. The van der Waals surface area contributed by atoms with Crippen LogP contribution in [0.4, 0.5) is 6.01 Å². The highest BCUT2D eigenvalue weighted by Gasteiger charge is 2.21. The summed E-state index contributed by atoms with van der Waals surface area (Å²) in [4.78, 5) is 16.6. The first kappa shape index (κ1) is 12.4. The topological polar surface area (TPSA) is 61.2 Å². The lowest BCUT2D eigenvalue weighted by atomic mass is 10.3. The third-order valence-corrected chi connectivity index (χ3v) is 3.85. The van der Waals surface area contributed by atoms with Crippen LogP contribution in [0.2, 0.25) is 0 Å². The highest BCUT2D eigenvalue weighted by Crippen LogP contribution is 2.22. The van der Waals surface area contributed by atoms with Gasteiger partial charge in [0.05, 0.1) is 6.54 Å². The lowest BCUT2D eigenvalue weighted by Crippen LogP contribution is -2.46. The van der Waals surface area contributed by atoms with Crippen molar-refractivity contribution in [1.29, 1.82) is 0 Å². The maximum atomic E-state index is 5.83. The normalized spacial score (nSPS) is 16.7. The molecular formula is C15H17N5O. The summed E-state index contributed by atoms with van der Waals surface area (Å²) in [6.45, 7) is 4.69. The van der Waals surface area contributed by atoms with Crippen molar-refractivity contribution < 1.29 is 4.42 Å². The van der Waals surface area contributed by atoms with Gasteiger partial charge in [0, 0.05) is 38.6 Å². The van der Waals surface area contributed by atoms with E-state index in [1.54, 1.807) is 6.20 Å². The van der Waals surface area contributed by atoms with Crippen molar-refractivity contribution in [2.45, 2.75) is 6.54 Å². The van der Waals surface area contributed by atoms with Crippen LogP contribution in [-0.4, -0.2) is 46.0 Å². The monoisotopic (exact) mass is 283 g/mol. The predicted molar refractivity (Wildman–Crippen MR) is 80.1 cm³/mol. The van der Waals surface area contributed by atoms with Crippen LogP contribution in [0.3, 0.4) is 0 Å². The molecule has 0 aliphatic carbocycles. The first-order chi connectivity index (χ1) is 10.4. The van der Waals surface area contributed by atoms with Crippen LogP contribution < -0.4 is 4.90 Å². The molecule has 21 heavy (non-hydrogen) atoms. The minimum Gasteiger partial charge on any atom is -0.423 e. The molecule has 1 aromatic carbocycles. The number of benzene rings is 1. The predicted octanol–water partition coefficient (Wildman–Crippen LogP) is 1.87. The van der Waals surface area contributed by atoms with E-state index in [9.17, 15) is 0 Å². The zero-order valence-corrected chi connectivity index (χ0v) is 11.7. The number of nitrogens with zero attached hydrogens (tertiary/aromatic N) is 4. The van der Waals surface area contributed by atoms with Gasteiger partial charge >= 0.3 is 0 Å². The third kappa shape index (κ3) is 2.50. The molecule has 4 rings (SSSR count). The number of nitrogens with one attached hydrogen (secondary N) is 1. The molecule has 1 N–H and O–H groups in total. The van der Waals surface area contributed by atoms with Gasteiger partial charge in [-0.2, -0.15) is 4.98 Å². The Balaban J connectivity index is 1.42. The molecule has 6 heteroatoms. The average Bonchev–Trinajstić information content (AvgIpc) is 3.16. The first-order valence-electron chi connectivity index (χ1n) is 7.19. The number of aromatic amines is 1. The number of oxazole rings is 1. The van der Waals surface area contributed by atoms with E-state index >= 15 is 0 Å². The maximum absolute atomic E-state index is 5.83. The lowest BCUT2D eigenvalue weighted by molar-refractivity contribution is 0.240. The van der Waals surface area contributed by atoms with Gasteiger partial charge in [0.25, 0.3) is 6.01 Å². The minimum atomic E-state index is 0.730. The summed E-state index contributed by atoms with van der Waals surface area (Å²) in [6, 6.07) is 8.62. The number of para-hydroxylation sites is 2. The molecule has 3 heterocycles. The van der Waals surface area contributed by atoms with Gasteiger partial charge in [-0.15, -0.1) is 0 Å². The number of hydrogen-bond acceptors (Lipinski definition) is 5. The molecule has 1 aliphatic rings. The quantitative estimate of drug-likeness (QED) is 0.795. The summed E-state index contributed by atoms with van der Waals surface area (Å²) in [5.74, 6) is 1.02. The molecule has 2 aromatic heterocycles. The van der Waals surface area contributed by atoms with Gasteiger partial charge in [-0.05, 0) is 12.1 Å². The van der Waals surface area contributed by atoms with Crippen LogP contribution in [0.1, 0.15) is 5.82 Å². The van der Waals surface area contributed by atoms with Crippen LogP contribution in [0.5, 0.6) is 0 Å². The van der Waals surface area contributed by atoms with E-state index in [2.05, 4.69) is 24.8 Å². The van der Waals surface area contributed by atoms with Crippen molar-refractivity contribution in [3.8, 4) is 0 Å². The second-order valence-corrected chi connectivity index (χ2v) is 5.26. The van der Waals surface area contributed by atoms with Gasteiger partial charge in [0.15, 0.2) is 5.58 Å². The SMILES string of the molecule is c1ccc2oc(N3CCN(Cc4ncc[nH]4)CC3)nc2c1. The Bertz CT molecular complexity index is 680. The van der Waals surface area contributed by atoms with E-state index < -0.39 is 0 Å². The first-order valence-corrected chi connectivity index (χ1v) is 7.19. The lowest BCUT2D eigenvalue weighted by Gasteiger charge is -2.33. The van der Waals surface area contributed by atoms with Gasteiger partial charge in [-0.25, -0.2) is 4.98 Å². The number of aromatic nitrogens is 3. The summed E-state index contributed by atoms with van der Waals surface area (Å²) in [5.41, 5.74) is 1.77. The summed E-state index contributed by atoms with van der Waals surface area (Å²) in [5, 5.41) is 0.